The number of piperidine rings is 1. The maximum atomic E-state index is 12.6. The van der Waals surface area contributed by atoms with E-state index in [1.807, 2.05) is 40.7 Å². The summed E-state index contributed by atoms with van der Waals surface area (Å²) in [5, 5.41) is 3.18. The maximum absolute atomic E-state index is 12.6. The number of ether oxygens (including phenoxy) is 1. The van der Waals surface area contributed by atoms with Crippen molar-refractivity contribution in [1.29, 1.82) is 0 Å². The van der Waals surface area contributed by atoms with Crippen LogP contribution in [0.2, 0.25) is 0 Å². The summed E-state index contributed by atoms with van der Waals surface area (Å²) < 4.78 is 5.14. The van der Waals surface area contributed by atoms with E-state index >= 15 is 0 Å². The third-order valence-corrected chi connectivity index (χ3v) is 4.89. The number of hydrogen-bond acceptors (Lipinski definition) is 4. The lowest BCUT2D eigenvalue weighted by atomic mass is 9.94. The topological polar surface area (TPSA) is 42.4 Å². The number of likely N-dealkylation sites (tertiary alicyclic amines) is 1. The van der Waals surface area contributed by atoms with Crippen LogP contribution in [0.15, 0.2) is 35.8 Å². The summed E-state index contributed by atoms with van der Waals surface area (Å²) in [5.41, 5.74) is 0.732. The van der Waals surface area contributed by atoms with E-state index in [9.17, 15) is 4.79 Å². The number of nitrogens with zero attached hydrogens (tertiary/aromatic N) is 2. The second kappa shape index (κ2) is 6.92. The van der Waals surface area contributed by atoms with Crippen molar-refractivity contribution in [2.75, 3.05) is 20.2 Å². The molecule has 2 heterocycles. The molecular formula is C17H20N2O2S. The molecule has 0 aliphatic carbocycles. The number of carbonyl (C=O) groups is 1. The van der Waals surface area contributed by atoms with E-state index in [4.69, 9.17) is 4.74 Å². The summed E-state index contributed by atoms with van der Waals surface area (Å²) >= 11 is 1.70. The summed E-state index contributed by atoms with van der Waals surface area (Å²) in [4.78, 5) is 19.0. The van der Waals surface area contributed by atoms with Crippen LogP contribution in [0.5, 0.6) is 5.75 Å². The van der Waals surface area contributed by atoms with Gasteiger partial charge in [0.25, 0.3) is 5.91 Å². The molecular weight excluding hydrogens is 296 g/mol. The second-order valence-corrected chi connectivity index (χ2v) is 6.60. The highest BCUT2D eigenvalue weighted by atomic mass is 32.1. The van der Waals surface area contributed by atoms with Crippen molar-refractivity contribution >= 4 is 17.2 Å². The van der Waals surface area contributed by atoms with Crippen molar-refractivity contribution in [1.82, 2.24) is 9.88 Å². The number of rotatable bonds is 4. The largest absolute Gasteiger partial charge is 0.497 e. The van der Waals surface area contributed by atoms with Gasteiger partial charge in [-0.25, -0.2) is 4.98 Å². The molecule has 22 heavy (non-hydrogen) atoms. The van der Waals surface area contributed by atoms with Crippen molar-refractivity contribution in [3.8, 4) is 5.75 Å². The van der Waals surface area contributed by atoms with Crippen LogP contribution in [0.1, 0.15) is 28.2 Å². The fourth-order valence-electron chi connectivity index (χ4n) is 2.93. The van der Waals surface area contributed by atoms with E-state index in [0.29, 0.717) is 5.92 Å². The smallest absolute Gasteiger partial charge is 0.253 e. The van der Waals surface area contributed by atoms with Crippen LogP contribution in [0.25, 0.3) is 0 Å². The summed E-state index contributed by atoms with van der Waals surface area (Å²) in [5.74, 6) is 1.41. The summed E-state index contributed by atoms with van der Waals surface area (Å²) in [7, 11) is 1.63. The molecule has 2 aromatic rings. The first kappa shape index (κ1) is 15.0. The zero-order valence-corrected chi connectivity index (χ0v) is 13.5. The molecule has 1 aliphatic rings. The minimum Gasteiger partial charge on any atom is -0.497 e. The molecule has 0 spiro atoms. The zero-order chi connectivity index (χ0) is 15.4. The van der Waals surface area contributed by atoms with Gasteiger partial charge in [0, 0.05) is 36.7 Å². The lowest BCUT2D eigenvalue weighted by Gasteiger charge is -2.32. The molecule has 1 aromatic heterocycles. The van der Waals surface area contributed by atoms with Crippen LogP contribution in [0.3, 0.4) is 0 Å². The Hall–Kier alpha value is -1.88. The fourth-order valence-corrected chi connectivity index (χ4v) is 3.67. The van der Waals surface area contributed by atoms with Gasteiger partial charge in [-0.1, -0.05) is 0 Å². The van der Waals surface area contributed by atoms with Gasteiger partial charge in [-0.3, -0.25) is 4.79 Å². The Bertz CT molecular complexity index is 610. The Morgan fingerprint density at radius 3 is 2.91 bits per heavy atom. The monoisotopic (exact) mass is 316 g/mol. The first-order valence-corrected chi connectivity index (χ1v) is 8.46. The van der Waals surface area contributed by atoms with Gasteiger partial charge in [0.1, 0.15) is 5.75 Å². The Morgan fingerprint density at radius 2 is 2.23 bits per heavy atom. The predicted molar refractivity (Wildman–Crippen MR) is 87.4 cm³/mol. The summed E-state index contributed by atoms with van der Waals surface area (Å²) in [6.45, 7) is 1.67. The fraction of sp³-hybridized carbons (Fsp3) is 0.412. The average molecular weight is 316 g/mol. The SMILES string of the molecule is COc1ccc(C(=O)N2CCCC(Cc3nccs3)C2)cc1. The molecule has 116 valence electrons. The van der Waals surface area contributed by atoms with Gasteiger partial charge in [0.2, 0.25) is 0 Å². The Morgan fingerprint density at radius 1 is 1.41 bits per heavy atom. The average Bonchev–Trinajstić information content (AvgIpc) is 3.07. The Balaban J connectivity index is 1.64. The van der Waals surface area contributed by atoms with E-state index in [1.54, 1.807) is 18.4 Å². The van der Waals surface area contributed by atoms with Gasteiger partial charge in [0.15, 0.2) is 0 Å². The third kappa shape index (κ3) is 3.47. The number of benzene rings is 1. The molecule has 1 fully saturated rings. The van der Waals surface area contributed by atoms with Gasteiger partial charge in [-0.05, 0) is 43.0 Å². The molecule has 1 aromatic carbocycles. The quantitative estimate of drug-likeness (QED) is 0.869. The van der Waals surface area contributed by atoms with Gasteiger partial charge >= 0.3 is 0 Å². The van der Waals surface area contributed by atoms with E-state index in [2.05, 4.69) is 4.98 Å². The predicted octanol–water partition coefficient (Wildman–Crippen LogP) is 3.25. The molecule has 1 atom stereocenters. The highest BCUT2D eigenvalue weighted by Crippen LogP contribution is 2.23. The molecule has 5 heteroatoms. The summed E-state index contributed by atoms with van der Waals surface area (Å²) in [6.07, 6.45) is 5.07. The van der Waals surface area contributed by atoms with E-state index < -0.39 is 0 Å². The van der Waals surface area contributed by atoms with Crippen LogP contribution >= 0.6 is 11.3 Å². The van der Waals surface area contributed by atoms with Crippen LogP contribution < -0.4 is 4.74 Å². The standard InChI is InChI=1S/C17H20N2O2S/c1-21-15-6-4-14(5-7-15)17(20)19-9-2-3-13(12-19)11-16-18-8-10-22-16/h4-8,10,13H,2-3,9,11-12H2,1H3. The molecule has 0 saturated carbocycles. The maximum Gasteiger partial charge on any atom is 0.253 e. The van der Waals surface area contributed by atoms with E-state index in [1.165, 1.54) is 11.4 Å². The minimum atomic E-state index is 0.117. The molecule has 0 N–H and O–H groups in total. The molecule has 1 amide bonds. The minimum absolute atomic E-state index is 0.117. The van der Waals surface area contributed by atoms with Gasteiger partial charge in [-0.2, -0.15) is 0 Å². The first-order valence-electron chi connectivity index (χ1n) is 7.58. The normalized spacial score (nSPS) is 18.2. The number of methoxy groups -OCH3 is 1. The number of hydrogen-bond donors (Lipinski definition) is 0. The first-order chi connectivity index (χ1) is 10.8. The van der Waals surface area contributed by atoms with Crippen LogP contribution in [0.4, 0.5) is 0 Å². The molecule has 0 bridgehead atoms. The highest BCUT2D eigenvalue weighted by Gasteiger charge is 2.25. The van der Waals surface area contributed by atoms with Crippen molar-refractivity contribution in [2.24, 2.45) is 5.92 Å². The number of carbonyl (C=O) groups excluding carboxylic acids is 1. The number of thiazole rings is 1. The van der Waals surface area contributed by atoms with Crippen LogP contribution in [-0.2, 0) is 6.42 Å². The van der Waals surface area contributed by atoms with E-state index in [-0.39, 0.29) is 5.91 Å². The zero-order valence-electron chi connectivity index (χ0n) is 12.7. The highest BCUT2D eigenvalue weighted by molar-refractivity contribution is 7.09. The molecule has 1 aliphatic heterocycles. The lowest BCUT2D eigenvalue weighted by molar-refractivity contribution is 0.0673. The molecule has 1 saturated heterocycles. The molecule has 4 nitrogen and oxygen atoms in total. The number of amides is 1. The van der Waals surface area contributed by atoms with Crippen LogP contribution in [0, 0.1) is 5.92 Å². The van der Waals surface area contributed by atoms with Crippen molar-refractivity contribution < 1.29 is 9.53 Å². The number of aromatic nitrogens is 1. The Kier molecular flexibility index (Phi) is 4.73. The van der Waals surface area contributed by atoms with Crippen molar-refractivity contribution in [3.05, 3.63) is 46.4 Å². The summed E-state index contributed by atoms with van der Waals surface area (Å²) in [6, 6.07) is 7.35. The van der Waals surface area contributed by atoms with Crippen molar-refractivity contribution in [2.45, 2.75) is 19.3 Å². The second-order valence-electron chi connectivity index (χ2n) is 5.62. The Labute approximate surface area is 134 Å². The molecule has 3 rings (SSSR count). The van der Waals surface area contributed by atoms with Crippen molar-refractivity contribution in [3.63, 3.8) is 0 Å². The van der Waals surface area contributed by atoms with Gasteiger partial charge in [-0.15, -0.1) is 11.3 Å². The van der Waals surface area contributed by atoms with Gasteiger partial charge in [0.05, 0.1) is 12.1 Å². The molecule has 1 unspecified atom stereocenters. The van der Waals surface area contributed by atoms with Crippen LogP contribution in [-0.4, -0.2) is 36.0 Å². The lowest BCUT2D eigenvalue weighted by Crippen LogP contribution is -2.40. The van der Waals surface area contributed by atoms with Gasteiger partial charge < -0.3 is 9.64 Å². The molecule has 0 radical (unpaired) electrons. The third-order valence-electron chi connectivity index (χ3n) is 4.09. The van der Waals surface area contributed by atoms with E-state index in [0.717, 1.165) is 37.2 Å².